The highest BCUT2D eigenvalue weighted by atomic mass is 32.2. The first-order chi connectivity index (χ1) is 14.1. The van der Waals surface area contributed by atoms with E-state index in [0.717, 1.165) is 23.6 Å². The molecule has 0 bridgehead atoms. The Morgan fingerprint density at radius 1 is 1.14 bits per heavy atom. The molecule has 0 atom stereocenters. The zero-order valence-electron chi connectivity index (χ0n) is 16.0. The van der Waals surface area contributed by atoms with Crippen LogP contribution >= 0.6 is 0 Å². The van der Waals surface area contributed by atoms with Gasteiger partial charge in [-0.05, 0) is 42.7 Å². The Labute approximate surface area is 168 Å². The van der Waals surface area contributed by atoms with E-state index in [9.17, 15) is 8.42 Å². The second-order valence-electron chi connectivity index (χ2n) is 7.25. The van der Waals surface area contributed by atoms with Crippen molar-refractivity contribution in [2.45, 2.75) is 30.1 Å². The largest absolute Gasteiger partial charge is 0.493 e. The highest BCUT2D eigenvalue weighted by Gasteiger charge is 2.32. The summed E-state index contributed by atoms with van der Waals surface area (Å²) in [5, 5.41) is 12.9. The van der Waals surface area contributed by atoms with Crippen LogP contribution in [0.1, 0.15) is 30.1 Å². The van der Waals surface area contributed by atoms with Crippen LogP contribution in [-0.2, 0) is 16.4 Å². The van der Waals surface area contributed by atoms with Crippen LogP contribution in [0.3, 0.4) is 0 Å². The molecule has 152 valence electrons. The number of ether oxygens (including phenoxy) is 2. The normalized spacial score (nSPS) is 18.0. The lowest BCUT2D eigenvalue weighted by molar-refractivity contribution is 0.310. The van der Waals surface area contributed by atoms with E-state index >= 15 is 0 Å². The number of fused-ring (bicyclic) bond motifs is 2. The topological polar surface area (TPSA) is 98.9 Å². The van der Waals surface area contributed by atoms with Crippen LogP contribution in [0, 0.1) is 0 Å². The van der Waals surface area contributed by atoms with Crippen molar-refractivity contribution in [3.8, 4) is 11.6 Å². The first-order valence-corrected chi connectivity index (χ1v) is 11.0. The van der Waals surface area contributed by atoms with Crippen LogP contribution in [0.2, 0.25) is 0 Å². The third-order valence-corrected chi connectivity index (χ3v) is 7.48. The number of methoxy groups -OCH3 is 1. The number of benzene rings is 1. The summed E-state index contributed by atoms with van der Waals surface area (Å²) in [5.74, 6) is 2.10. The molecule has 2 aliphatic rings. The molecule has 10 heteroatoms. The van der Waals surface area contributed by atoms with E-state index in [1.54, 1.807) is 46.3 Å². The van der Waals surface area contributed by atoms with Crippen molar-refractivity contribution in [1.29, 1.82) is 0 Å². The fourth-order valence-corrected chi connectivity index (χ4v) is 5.50. The maximum absolute atomic E-state index is 13.1. The molecule has 4 heterocycles. The summed E-state index contributed by atoms with van der Waals surface area (Å²) in [6.45, 7) is 1.47. The molecule has 1 fully saturated rings. The van der Waals surface area contributed by atoms with Crippen LogP contribution in [0.5, 0.6) is 11.6 Å². The molecule has 0 radical (unpaired) electrons. The van der Waals surface area contributed by atoms with Crippen LogP contribution < -0.4 is 9.47 Å². The minimum absolute atomic E-state index is 0.0875. The number of hydrogen-bond acceptors (Lipinski definition) is 7. The second kappa shape index (κ2) is 6.96. The molecule has 0 aliphatic carbocycles. The molecule has 2 aromatic heterocycles. The summed E-state index contributed by atoms with van der Waals surface area (Å²) in [5.41, 5.74) is 1.60. The van der Waals surface area contributed by atoms with E-state index in [1.807, 2.05) is 0 Å². The Morgan fingerprint density at radius 2 is 1.97 bits per heavy atom. The summed E-state index contributed by atoms with van der Waals surface area (Å²) < 4.78 is 40.1. The molecule has 9 nitrogen and oxygen atoms in total. The SMILES string of the molecule is COc1ccc2nnc(C3CCN(S(=O)(=O)c4ccc5c(c4)CCO5)CC3)n2n1. The third kappa shape index (κ3) is 3.12. The van der Waals surface area contributed by atoms with Gasteiger partial charge in [0.25, 0.3) is 0 Å². The smallest absolute Gasteiger partial charge is 0.243 e. The Morgan fingerprint density at radius 3 is 2.76 bits per heavy atom. The minimum Gasteiger partial charge on any atom is -0.493 e. The first kappa shape index (κ1) is 18.3. The van der Waals surface area contributed by atoms with Crippen LogP contribution in [0.15, 0.2) is 35.2 Å². The van der Waals surface area contributed by atoms with Gasteiger partial charge in [0.15, 0.2) is 11.5 Å². The molecule has 29 heavy (non-hydrogen) atoms. The Kier molecular flexibility index (Phi) is 4.39. The fraction of sp³-hybridized carbons (Fsp3) is 0.421. The van der Waals surface area contributed by atoms with Crippen molar-refractivity contribution < 1.29 is 17.9 Å². The number of nitrogens with zero attached hydrogens (tertiary/aromatic N) is 5. The lowest BCUT2D eigenvalue weighted by atomic mass is 9.97. The summed E-state index contributed by atoms with van der Waals surface area (Å²) in [6.07, 6.45) is 2.07. The molecule has 0 amide bonds. The third-order valence-electron chi connectivity index (χ3n) is 5.59. The van der Waals surface area contributed by atoms with Gasteiger partial charge in [-0.3, -0.25) is 0 Å². The molecular weight excluding hydrogens is 394 g/mol. The monoisotopic (exact) mass is 415 g/mol. The van der Waals surface area contributed by atoms with E-state index in [4.69, 9.17) is 9.47 Å². The second-order valence-corrected chi connectivity index (χ2v) is 9.19. The zero-order valence-corrected chi connectivity index (χ0v) is 16.8. The minimum atomic E-state index is -3.53. The molecule has 2 aliphatic heterocycles. The Balaban J connectivity index is 1.35. The van der Waals surface area contributed by atoms with Gasteiger partial charge in [-0.1, -0.05) is 0 Å². The van der Waals surface area contributed by atoms with Gasteiger partial charge >= 0.3 is 0 Å². The van der Waals surface area contributed by atoms with Gasteiger partial charge in [-0.2, -0.15) is 8.82 Å². The number of piperidine rings is 1. The van der Waals surface area contributed by atoms with E-state index in [-0.39, 0.29) is 5.92 Å². The van der Waals surface area contributed by atoms with Gasteiger partial charge in [0.1, 0.15) is 5.75 Å². The predicted molar refractivity (Wildman–Crippen MR) is 104 cm³/mol. The zero-order chi connectivity index (χ0) is 20.0. The van der Waals surface area contributed by atoms with Crippen molar-refractivity contribution in [2.75, 3.05) is 26.8 Å². The van der Waals surface area contributed by atoms with Crippen molar-refractivity contribution in [3.63, 3.8) is 0 Å². The summed E-state index contributed by atoms with van der Waals surface area (Å²) in [7, 11) is -1.97. The Bertz CT molecular complexity index is 1170. The lowest BCUT2D eigenvalue weighted by Gasteiger charge is -2.30. The van der Waals surface area contributed by atoms with Gasteiger partial charge < -0.3 is 9.47 Å². The van der Waals surface area contributed by atoms with Crippen LogP contribution in [0.4, 0.5) is 0 Å². The molecule has 5 rings (SSSR count). The average molecular weight is 415 g/mol. The van der Waals surface area contributed by atoms with Gasteiger partial charge in [0.2, 0.25) is 15.9 Å². The van der Waals surface area contributed by atoms with Crippen molar-refractivity contribution in [3.05, 3.63) is 41.7 Å². The van der Waals surface area contributed by atoms with Gasteiger partial charge in [0, 0.05) is 31.5 Å². The quantitative estimate of drug-likeness (QED) is 0.639. The standard InChI is InChI=1S/C19H21N5O4S/c1-27-18-5-4-17-20-21-19(24(17)22-18)13-6-9-23(10-7-13)29(25,26)15-2-3-16-14(12-15)8-11-28-16/h2-5,12-13H,6-11H2,1H3. The van der Waals surface area contributed by atoms with Crippen molar-refractivity contribution in [1.82, 2.24) is 24.1 Å². The molecule has 3 aromatic rings. The molecule has 0 spiro atoms. The first-order valence-electron chi connectivity index (χ1n) is 9.58. The predicted octanol–water partition coefficient (Wildman–Crippen LogP) is 1.64. The molecule has 1 aromatic carbocycles. The summed E-state index contributed by atoms with van der Waals surface area (Å²) in [4.78, 5) is 0.333. The highest BCUT2D eigenvalue weighted by molar-refractivity contribution is 7.89. The summed E-state index contributed by atoms with van der Waals surface area (Å²) >= 11 is 0. The number of rotatable bonds is 4. The van der Waals surface area contributed by atoms with Crippen LogP contribution in [-0.4, -0.2) is 59.3 Å². The van der Waals surface area contributed by atoms with E-state index in [0.29, 0.717) is 49.0 Å². The fourth-order valence-electron chi connectivity index (χ4n) is 3.98. The number of sulfonamides is 1. The molecule has 0 unspecified atom stereocenters. The molecule has 0 saturated carbocycles. The van der Waals surface area contributed by atoms with E-state index in [1.165, 1.54) is 0 Å². The van der Waals surface area contributed by atoms with Gasteiger partial charge in [0.05, 0.1) is 18.6 Å². The van der Waals surface area contributed by atoms with E-state index in [2.05, 4.69) is 15.3 Å². The maximum atomic E-state index is 13.1. The van der Waals surface area contributed by atoms with Crippen molar-refractivity contribution >= 4 is 15.7 Å². The molecule has 0 N–H and O–H groups in total. The maximum Gasteiger partial charge on any atom is 0.243 e. The van der Waals surface area contributed by atoms with E-state index < -0.39 is 10.0 Å². The van der Waals surface area contributed by atoms with Gasteiger partial charge in [-0.15, -0.1) is 15.3 Å². The van der Waals surface area contributed by atoms with Crippen LogP contribution in [0.25, 0.3) is 5.65 Å². The highest BCUT2D eigenvalue weighted by Crippen LogP contribution is 2.32. The lowest BCUT2D eigenvalue weighted by Crippen LogP contribution is -2.38. The van der Waals surface area contributed by atoms with Crippen molar-refractivity contribution in [2.24, 2.45) is 0 Å². The average Bonchev–Trinajstić information content (AvgIpc) is 3.39. The number of aromatic nitrogens is 4. The molecule has 1 saturated heterocycles. The molecular formula is C19H21N5O4S. The van der Waals surface area contributed by atoms with Gasteiger partial charge in [-0.25, -0.2) is 8.42 Å². The summed E-state index contributed by atoms with van der Waals surface area (Å²) in [6, 6.07) is 8.67. The Hall–Kier alpha value is -2.72. The number of hydrogen-bond donors (Lipinski definition) is 0.